The summed E-state index contributed by atoms with van der Waals surface area (Å²) in [5.41, 5.74) is 4.92. The fourth-order valence-corrected chi connectivity index (χ4v) is 4.59. The lowest BCUT2D eigenvalue weighted by Gasteiger charge is -2.24. The first-order valence-electron chi connectivity index (χ1n) is 8.09. The van der Waals surface area contributed by atoms with Gasteiger partial charge in [0.15, 0.2) is 0 Å². The summed E-state index contributed by atoms with van der Waals surface area (Å²) in [6.07, 6.45) is 2.44. The van der Waals surface area contributed by atoms with Crippen LogP contribution in [0.5, 0.6) is 0 Å². The Labute approximate surface area is 164 Å². The lowest BCUT2D eigenvalue weighted by molar-refractivity contribution is 0.0371. The van der Waals surface area contributed by atoms with Crippen molar-refractivity contribution < 1.29 is 4.74 Å². The molecule has 1 unspecified atom stereocenters. The second-order valence-corrected chi connectivity index (χ2v) is 7.78. The van der Waals surface area contributed by atoms with Gasteiger partial charge in [-0.3, -0.25) is 0 Å². The SMILES string of the molecule is Cc1c(Br)c(Br)c2c3c1nc(NCC1CNCCO1)n3CCC2.Cl. The van der Waals surface area contributed by atoms with Crippen LogP contribution >= 0.6 is 44.3 Å². The van der Waals surface area contributed by atoms with Crippen LogP contribution in [-0.4, -0.2) is 41.9 Å². The molecule has 8 heteroatoms. The van der Waals surface area contributed by atoms with Gasteiger partial charge in [0.2, 0.25) is 5.95 Å². The summed E-state index contributed by atoms with van der Waals surface area (Å²) in [6.45, 7) is 6.55. The van der Waals surface area contributed by atoms with Crippen molar-refractivity contribution in [2.24, 2.45) is 0 Å². The number of anilines is 1. The minimum Gasteiger partial charge on any atom is -0.374 e. The van der Waals surface area contributed by atoms with Crippen molar-refractivity contribution in [1.82, 2.24) is 14.9 Å². The van der Waals surface area contributed by atoms with E-state index in [1.54, 1.807) is 0 Å². The van der Waals surface area contributed by atoms with Gasteiger partial charge in [0, 0.05) is 35.1 Å². The van der Waals surface area contributed by atoms with Gasteiger partial charge in [-0.1, -0.05) is 0 Å². The van der Waals surface area contributed by atoms with Crippen molar-refractivity contribution in [1.29, 1.82) is 0 Å². The molecule has 1 atom stereocenters. The Morgan fingerprint density at radius 1 is 1.38 bits per heavy atom. The molecule has 0 spiro atoms. The Morgan fingerprint density at radius 2 is 2.21 bits per heavy atom. The second kappa shape index (κ2) is 7.50. The van der Waals surface area contributed by atoms with Crippen LogP contribution in [-0.2, 0) is 17.7 Å². The van der Waals surface area contributed by atoms with Crippen molar-refractivity contribution >= 4 is 61.2 Å². The number of hydrogen-bond donors (Lipinski definition) is 2. The summed E-state index contributed by atoms with van der Waals surface area (Å²) in [7, 11) is 0. The Morgan fingerprint density at radius 3 is 2.96 bits per heavy atom. The van der Waals surface area contributed by atoms with E-state index in [1.807, 2.05) is 0 Å². The third-order valence-corrected chi connectivity index (χ3v) is 7.09. The molecule has 24 heavy (non-hydrogen) atoms. The van der Waals surface area contributed by atoms with Gasteiger partial charge < -0.3 is 19.9 Å². The predicted octanol–water partition coefficient (Wildman–Crippen LogP) is 3.64. The molecule has 1 aromatic heterocycles. The Balaban J connectivity index is 0.00000169. The maximum Gasteiger partial charge on any atom is 0.203 e. The summed E-state index contributed by atoms with van der Waals surface area (Å²) in [4.78, 5) is 4.90. The summed E-state index contributed by atoms with van der Waals surface area (Å²) >= 11 is 7.46. The average molecular weight is 481 g/mol. The van der Waals surface area contributed by atoms with Crippen molar-refractivity contribution in [2.75, 3.05) is 31.6 Å². The summed E-state index contributed by atoms with van der Waals surface area (Å²) in [5, 5.41) is 6.87. The lowest BCUT2D eigenvalue weighted by atomic mass is 10.0. The van der Waals surface area contributed by atoms with Crippen LogP contribution in [0.1, 0.15) is 17.5 Å². The first-order chi connectivity index (χ1) is 11.2. The smallest absolute Gasteiger partial charge is 0.203 e. The number of ether oxygens (including phenoxy) is 1. The molecule has 2 aliphatic rings. The summed E-state index contributed by atoms with van der Waals surface area (Å²) in [6, 6.07) is 0. The van der Waals surface area contributed by atoms with Gasteiger partial charge >= 0.3 is 0 Å². The fraction of sp³-hybridized carbons (Fsp3) is 0.562. The van der Waals surface area contributed by atoms with E-state index in [0.717, 1.165) is 61.6 Å². The van der Waals surface area contributed by atoms with E-state index >= 15 is 0 Å². The van der Waals surface area contributed by atoms with Crippen LogP contribution in [0.15, 0.2) is 8.95 Å². The van der Waals surface area contributed by atoms with Crippen LogP contribution in [0, 0.1) is 6.92 Å². The Hall–Kier alpha value is -0.340. The van der Waals surface area contributed by atoms with Crippen LogP contribution < -0.4 is 10.6 Å². The van der Waals surface area contributed by atoms with Crippen molar-refractivity contribution in [3.8, 4) is 0 Å². The second-order valence-electron chi connectivity index (χ2n) is 6.20. The molecule has 0 radical (unpaired) electrons. The van der Waals surface area contributed by atoms with Gasteiger partial charge in [0.1, 0.15) is 0 Å². The highest BCUT2D eigenvalue weighted by atomic mass is 79.9. The van der Waals surface area contributed by atoms with E-state index in [-0.39, 0.29) is 18.5 Å². The van der Waals surface area contributed by atoms with E-state index in [0.29, 0.717) is 0 Å². The van der Waals surface area contributed by atoms with Crippen molar-refractivity contribution in [3.63, 3.8) is 0 Å². The number of hydrogen-bond acceptors (Lipinski definition) is 4. The molecule has 0 aliphatic carbocycles. The fourth-order valence-electron chi connectivity index (χ4n) is 3.48. The maximum atomic E-state index is 5.77. The number of benzene rings is 1. The third-order valence-electron chi connectivity index (χ3n) is 4.70. The molecular weight excluding hydrogens is 459 g/mol. The first kappa shape index (κ1) is 18.5. The van der Waals surface area contributed by atoms with Crippen molar-refractivity contribution in [2.45, 2.75) is 32.4 Å². The standard InChI is InChI=1S/C16H20Br2N4O.ClH/c1-9-12(17)13(18)11-3-2-5-22-15(11)14(9)21-16(22)20-8-10-7-19-4-6-23-10;/h10,19H,2-8H2,1H3,(H,20,21);1H. The monoisotopic (exact) mass is 478 g/mol. The zero-order chi connectivity index (χ0) is 16.0. The molecule has 4 rings (SSSR count). The highest BCUT2D eigenvalue weighted by Gasteiger charge is 2.24. The summed E-state index contributed by atoms with van der Waals surface area (Å²) < 4.78 is 10.4. The van der Waals surface area contributed by atoms with Gasteiger partial charge in [-0.25, -0.2) is 4.98 Å². The molecule has 2 N–H and O–H groups in total. The average Bonchev–Trinajstić information content (AvgIpc) is 2.97. The molecular formula is C16H21Br2ClN4O. The molecule has 1 aromatic carbocycles. The van der Waals surface area contributed by atoms with E-state index in [2.05, 4.69) is 54.0 Å². The lowest BCUT2D eigenvalue weighted by Crippen LogP contribution is -2.42. The topological polar surface area (TPSA) is 51.1 Å². The molecule has 0 amide bonds. The van der Waals surface area contributed by atoms with Gasteiger partial charge in [0.05, 0.1) is 23.7 Å². The molecule has 2 aromatic rings. The van der Waals surface area contributed by atoms with E-state index in [1.165, 1.54) is 21.1 Å². The van der Waals surface area contributed by atoms with Gasteiger partial charge in [0.25, 0.3) is 0 Å². The molecule has 1 saturated heterocycles. The van der Waals surface area contributed by atoms with Crippen LogP contribution in [0.25, 0.3) is 11.0 Å². The van der Waals surface area contributed by atoms with E-state index in [4.69, 9.17) is 9.72 Å². The molecule has 2 aliphatic heterocycles. The number of imidazole rings is 1. The number of nitrogens with zero attached hydrogens (tertiary/aromatic N) is 2. The Bertz CT molecular complexity index is 759. The first-order valence-corrected chi connectivity index (χ1v) is 9.68. The number of halogens is 3. The molecule has 1 fully saturated rings. The number of nitrogens with one attached hydrogen (secondary N) is 2. The minimum absolute atomic E-state index is 0. The van der Waals surface area contributed by atoms with Crippen molar-refractivity contribution in [3.05, 3.63) is 20.1 Å². The largest absolute Gasteiger partial charge is 0.374 e. The molecule has 0 saturated carbocycles. The van der Waals surface area contributed by atoms with Gasteiger partial charge in [-0.05, 0) is 62.8 Å². The zero-order valence-corrected chi connectivity index (χ0v) is 17.5. The van der Waals surface area contributed by atoms with Gasteiger partial charge in [-0.15, -0.1) is 12.4 Å². The van der Waals surface area contributed by atoms with Crippen LogP contribution in [0.4, 0.5) is 5.95 Å². The van der Waals surface area contributed by atoms with Crippen LogP contribution in [0.3, 0.4) is 0 Å². The highest BCUT2D eigenvalue weighted by molar-refractivity contribution is 9.13. The van der Waals surface area contributed by atoms with Crippen LogP contribution in [0.2, 0.25) is 0 Å². The highest BCUT2D eigenvalue weighted by Crippen LogP contribution is 2.40. The third kappa shape index (κ3) is 3.09. The number of aryl methyl sites for hydroxylation is 3. The normalized spacial score (nSPS) is 20.0. The molecule has 132 valence electrons. The number of morpholine rings is 1. The van der Waals surface area contributed by atoms with E-state index < -0.39 is 0 Å². The number of rotatable bonds is 3. The quantitative estimate of drug-likeness (QED) is 0.705. The summed E-state index contributed by atoms with van der Waals surface area (Å²) in [5.74, 6) is 0.961. The minimum atomic E-state index is 0. The molecule has 3 heterocycles. The van der Waals surface area contributed by atoms with E-state index in [9.17, 15) is 0 Å². The molecule has 0 bridgehead atoms. The Kier molecular flexibility index (Phi) is 5.76. The predicted molar refractivity (Wildman–Crippen MR) is 107 cm³/mol. The van der Waals surface area contributed by atoms with Gasteiger partial charge in [-0.2, -0.15) is 0 Å². The maximum absolute atomic E-state index is 5.77. The zero-order valence-electron chi connectivity index (χ0n) is 13.5. The number of aromatic nitrogens is 2. The molecule has 5 nitrogen and oxygen atoms in total.